The molecule has 3 aliphatic heterocycles. The molecule has 0 aromatic heterocycles. The van der Waals surface area contributed by atoms with Gasteiger partial charge >= 0.3 is 0 Å². The minimum absolute atomic E-state index is 0.0345. The van der Waals surface area contributed by atoms with Gasteiger partial charge in [-0.3, -0.25) is 15.0 Å². The van der Waals surface area contributed by atoms with Crippen LogP contribution >= 0.6 is 0 Å². The van der Waals surface area contributed by atoms with Gasteiger partial charge in [0.2, 0.25) is 11.8 Å². The first-order valence-corrected chi connectivity index (χ1v) is 11.6. The summed E-state index contributed by atoms with van der Waals surface area (Å²) in [7, 11) is 2.09. The molecule has 31 heavy (non-hydrogen) atoms. The first-order chi connectivity index (χ1) is 15.0. The van der Waals surface area contributed by atoms with Crippen molar-refractivity contribution in [3.63, 3.8) is 0 Å². The first-order valence-electron chi connectivity index (χ1n) is 11.6. The lowest BCUT2D eigenvalue weighted by Gasteiger charge is -2.52. The SMILES string of the molecule is CN1CCN(C(=O)C2CCC3C(C2)N(Cc2cccc(F)c2)C(=O)C2CCNN23)CC1. The topological polar surface area (TPSA) is 59.1 Å². The van der Waals surface area contributed by atoms with E-state index >= 15 is 0 Å². The van der Waals surface area contributed by atoms with Crippen molar-refractivity contribution in [3.05, 3.63) is 35.6 Å². The van der Waals surface area contributed by atoms with E-state index < -0.39 is 0 Å². The molecular formula is C23H32FN5O2. The van der Waals surface area contributed by atoms with Gasteiger partial charge in [-0.05, 0) is 50.4 Å². The maximum absolute atomic E-state index is 13.8. The maximum atomic E-state index is 13.8. The molecule has 7 nitrogen and oxygen atoms in total. The van der Waals surface area contributed by atoms with E-state index in [9.17, 15) is 14.0 Å². The van der Waals surface area contributed by atoms with E-state index in [1.54, 1.807) is 6.07 Å². The highest BCUT2D eigenvalue weighted by molar-refractivity contribution is 5.84. The Balaban J connectivity index is 1.36. The van der Waals surface area contributed by atoms with Crippen molar-refractivity contribution in [2.45, 2.75) is 50.4 Å². The number of halogens is 1. The highest BCUT2D eigenvalue weighted by Gasteiger charge is 2.51. The number of nitrogens with zero attached hydrogens (tertiary/aromatic N) is 4. The van der Waals surface area contributed by atoms with Crippen LogP contribution in [0, 0.1) is 11.7 Å². The Bertz CT molecular complexity index is 843. The van der Waals surface area contributed by atoms with E-state index in [2.05, 4.69) is 22.4 Å². The van der Waals surface area contributed by atoms with Crippen molar-refractivity contribution in [2.24, 2.45) is 5.92 Å². The number of piperazine rings is 2. The predicted octanol–water partition coefficient (Wildman–Crippen LogP) is 1.06. The van der Waals surface area contributed by atoms with Gasteiger partial charge in [0.15, 0.2) is 0 Å². The summed E-state index contributed by atoms with van der Waals surface area (Å²) in [6.45, 7) is 4.58. The van der Waals surface area contributed by atoms with Crippen LogP contribution in [0.5, 0.6) is 0 Å². The van der Waals surface area contributed by atoms with Crippen LogP contribution in [0.3, 0.4) is 0 Å². The van der Waals surface area contributed by atoms with E-state index in [1.807, 2.05) is 15.9 Å². The second-order valence-electron chi connectivity index (χ2n) is 9.49. The number of likely N-dealkylation sites (N-methyl/N-ethyl adjacent to an activating group) is 1. The molecule has 3 saturated heterocycles. The smallest absolute Gasteiger partial charge is 0.242 e. The number of carbonyl (C=O) groups excluding carboxylic acids is 2. The highest BCUT2D eigenvalue weighted by atomic mass is 19.1. The van der Waals surface area contributed by atoms with Crippen LogP contribution < -0.4 is 5.43 Å². The fourth-order valence-electron chi connectivity index (χ4n) is 5.85. The number of rotatable bonds is 3. The maximum Gasteiger partial charge on any atom is 0.242 e. The third kappa shape index (κ3) is 3.97. The number of amides is 2. The van der Waals surface area contributed by atoms with Gasteiger partial charge in [0, 0.05) is 57.3 Å². The molecule has 1 aromatic carbocycles. The predicted molar refractivity (Wildman–Crippen MR) is 114 cm³/mol. The molecule has 8 heteroatoms. The normalized spacial score (nSPS) is 32.1. The average Bonchev–Trinajstić information content (AvgIpc) is 3.27. The van der Waals surface area contributed by atoms with Crippen molar-refractivity contribution in [3.8, 4) is 0 Å². The van der Waals surface area contributed by atoms with Gasteiger partial charge in [-0.1, -0.05) is 12.1 Å². The number of fused-ring (bicyclic) bond motifs is 3. The lowest BCUT2D eigenvalue weighted by Crippen LogP contribution is -2.68. The molecule has 0 radical (unpaired) electrons. The molecule has 168 valence electrons. The second-order valence-corrected chi connectivity index (χ2v) is 9.49. The zero-order valence-corrected chi connectivity index (χ0v) is 18.2. The molecule has 5 rings (SSSR count). The van der Waals surface area contributed by atoms with Crippen LogP contribution in [-0.2, 0) is 16.1 Å². The fourth-order valence-corrected chi connectivity index (χ4v) is 5.85. The van der Waals surface area contributed by atoms with Crippen molar-refractivity contribution in [1.82, 2.24) is 25.1 Å². The summed E-state index contributed by atoms with van der Waals surface area (Å²) in [5.41, 5.74) is 4.22. The minimum atomic E-state index is -0.283. The summed E-state index contributed by atoms with van der Waals surface area (Å²) in [5.74, 6) is 0.00506. The van der Waals surface area contributed by atoms with Crippen LogP contribution in [0.15, 0.2) is 24.3 Å². The van der Waals surface area contributed by atoms with Crippen LogP contribution in [-0.4, -0.2) is 89.4 Å². The molecule has 1 aromatic rings. The lowest BCUT2D eigenvalue weighted by molar-refractivity contribution is -0.159. The molecular weight excluding hydrogens is 397 g/mol. The molecule has 4 aliphatic rings. The Morgan fingerprint density at radius 3 is 2.71 bits per heavy atom. The van der Waals surface area contributed by atoms with Gasteiger partial charge in [0.05, 0.1) is 0 Å². The van der Waals surface area contributed by atoms with Crippen molar-refractivity contribution in [2.75, 3.05) is 39.8 Å². The number of benzene rings is 1. The molecule has 0 bridgehead atoms. The first kappa shape index (κ1) is 20.8. The fraction of sp³-hybridized carbons (Fsp3) is 0.652. The molecule has 4 fully saturated rings. The van der Waals surface area contributed by atoms with Gasteiger partial charge in [0.25, 0.3) is 0 Å². The molecule has 4 atom stereocenters. The Hall–Kier alpha value is -2.03. The zero-order chi connectivity index (χ0) is 21.5. The molecule has 2 amide bonds. The quantitative estimate of drug-likeness (QED) is 0.779. The number of hydrogen-bond donors (Lipinski definition) is 1. The van der Waals surface area contributed by atoms with Gasteiger partial charge in [0.1, 0.15) is 11.9 Å². The number of hydrazine groups is 1. The van der Waals surface area contributed by atoms with Crippen molar-refractivity contribution in [1.29, 1.82) is 0 Å². The average molecular weight is 430 g/mol. The van der Waals surface area contributed by atoms with Crippen molar-refractivity contribution >= 4 is 11.8 Å². The van der Waals surface area contributed by atoms with Crippen LogP contribution in [0.2, 0.25) is 0 Å². The van der Waals surface area contributed by atoms with E-state index in [0.29, 0.717) is 13.0 Å². The summed E-state index contributed by atoms with van der Waals surface area (Å²) < 4.78 is 13.8. The van der Waals surface area contributed by atoms with Crippen LogP contribution in [0.4, 0.5) is 4.39 Å². The molecule has 1 saturated carbocycles. The van der Waals surface area contributed by atoms with Crippen molar-refractivity contribution < 1.29 is 14.0 Å². The highest BCUT2D eigenvalue weighted by Crippen LogP contribution is 2.38. The number of nitrogens with one attached hydrogen (secondary N) is 1. The Morgan fingerprint density at radius 2 is 1.94 bits per heavy atom. The van der Waals surface area contributed by atoms with E-state index in [0.717, 1.165) is 57.5 Å². The number of hydrogen-bond acceptors (Lipinski definition) is 5. The van der Waals surface area contributed by atoms with E-state index in [1.165, 1.54) is 12.1 Å². The van der Waals surface area contributed by atoms with Crippen LogP contribution in [0.1, 0.15) is 31.2 Å². The standard InChI is InChI=1S/C23H32FN5O2/c1-26-9-11-27(12-10-26)22(30)17-5-6-19-21(14-17)28(15-16-3-2-4-18(24)13-16)23(31)20-7-8-25-29(19)20/h2-4,13,17,19-21,25H,5-12,14-15H2,1H3. The van der Waals surface area contributed by atoms with Gasteiger partial charge < -0.3 is 14.7 Å². The molecule has 3 heterocycles. The zero-order valence-electron chi connectivity index (χ0n) is 18.2. The number of carbonyl (C=O) groups is 2. The van der Waals surface area contributed by atoms with E-state index in [-0.39, 0.29) is 41.7 Å². The lowest BCUT2D eigenvalue weighted by atomic mass is 9.78. The van der Waals surface area contributed by atoms with E-state index in [4.69, 9.17) is 0 Å². The molecule has 1 aliphatic carbocycles. The summed E-state index contributed by atoms with van der Waals surface area (Å²) >= 11 is 0. The molecule has 1 N–H and O–H groups in total. The minimum Gasteiger partial charge on any atom is -0.340 e. The molecule has 4 unspecified atom stereocenters. The largest absolute Gasteiger partial charge is 0.340 e. The summed E-state index contributed by atoms with van der Waals surface area (Å²) in [6, 6.07) is 6.53. The second kappa shape index (κ2) is 8.48. The summed E-state index contributed by atoms with van der Waals surface area (Å²) in [5, 5.41) is 2.16. The van der Waals surface area contributed by atoms with Gasteiger partial charge in [-0.25, -0.2) is 9.40 Å². The van der Waals surface area contributed by atoms with Crippen LogP contribution in [0.25, 0.3) is 0 Å². The van der Waals surface area contributed by atoms with Gasteiger partial charge in [-0.2, -0.15) is 0 Å². The third-order valence-electron chi connectivity index (χ3n) is 7.56. The summed E-state index contributed by atoms with van der Waals surface area (Å²) in [4.78, 5) is 32.9. The Morgan fingerprint density at radius 1 is 1.13 bits per heavy atom. The Kier molecular flexibility index (Phi) is 5.71. The monoisotopic (exact) mass is 429 g/mol. The Labute approximate surface area is 183 Å². The van der Waals surface area contributed by atoms with Gasteiger partial charge in [-0.15, -0.1) is 0 Å². The summed E-state index contributed by atoms with van der Waals surface area (Å²) in [6.07, 6.45) is 3.23. The molecule has 0 spiro atoms. The third-order valence-corrected chi connectivity index (χ3v) is 7.56.